The summed E-state index contributed by atoms with van der Waals surface area (Å²) in [6.45, 7) is 8.06. The molecule has 0 unspecified atom stereocenters. The first-order valence-electron chi connectivity index (χ1n) is 13.3. The van der Waals surface area contributed by atoms with Crippen molar-refractivity contribution in [1.29, 1.82) is 0 Å². The van der Waals surface area contributed by atoms with E-state index in [0.717, 1.165) is 23.6 Å². The van der Waals surface area contributed by atoms with Gasteiger partial charge in [-0.2, -0.15) is 0 Å². The molecule has 0 aliphatic carbocycles. The molecule has 1 atom stereocenters. The van der Waals surface area contributed by atoms with Crippen LogP contribution in [0.5, 0.6) is 5.75 Å². The predicted molar refractivity (Wildman–Crippen MR) is 153 cm³/mol. The first kappa shape index (κ1) is 24.1. The molecular formula is C30H28N8O2. The molecule has 0 spiro atoms. The molecule has 2 bridgehead atoms. The molecule has 7 rings (SSSR count). The second kappa shape index (κ2) is 9.64. The van der Waals surface area contributed by atoms with Crippen LogP contribution in [0, 0.1) is 6.92 Å². The summed E-state index contributed by atoms with van der Waals surface area (Å²) in [5.74, 6) is 1.97. The van der Waals surface area contributed by atoms with Crippen molar-refractivity contribution in [2.75, 3.05) is 36.5 Å². The number of carbonyl (C=O) groups is 1. The molecule has 10 nitrogen and oxygen atoms in total. The summed E-state index contributed by atoms with van der Waals surface area (Å²) < 4.78 is 8.14. The van der Waals surface area contributed by atoms with Crippen LogP contribution in [0.15, 0.2) is 74.0 Å². The highest BCUT2D eigenvalue weighted by atomic mass is 16.5. The fourth-order valence-corrected chi connectivity index (χ4v) is 5.56. The van der Waals surface area contributed by atoms with Crippen LogP contribution in [0.25, 0.3) is 16.7 Å². The number of piperazine rings is 1. The lowest BCUT2D eigenvalue weighted by atomic mass is 10.0. The van der Waals surface area contributed by atoms with Crippen LogP contribution in [-0.2, 0) is 11.2 Å². The number of ether oxygens (including phenoxy) is 1. The van der Waals surface area contributed by atoms with Crippen LogP contribution in [0.2, 0.25) is 0 Å². The van der Waals surface area contributed by atoms with Crippen LogP contribution in [0.3, 0.4) is 0 Å². The normalized spacial score (nSPS) is 16.4. The number of carbonyl (C=O) groups excluding carboxylic acids is 1. The zero-order valence-corrected chi connectivity index (χ0v) is 22.1. The molecule has 200 valence electrons. The number of anilines is 3. The van der Waals surface area contributed by atoms with Gasteiger partial charge in [0.25, 0.3) is 0 Å². The van der Waals surface area contributed by atoms with E-state index in [2.05, 4.69) is 69.0 Å². The van der Waals surface area contributed by atoms with E-state index in [1.807, 2.05) is 34.0 Å². The summed E-state index contributed by atoms with van der Waals surface area (Å²) in [5, 5.41) is 3.46. The van der Waals surface area contributed by atoms with Gasteiger partial charge in [0.15, 0.2) is 17.4 Å². The maximum Gasteiger partial charge on any atom is 0.246 e. The highest BCUT2D eigenvalue weighted by Crippen LogP contribution is 2.36. The van der Waals surface area contributed by atoms with E-state index in [1.165, 1.54) is 29.1 Å². The molecule has 6 heterocycles. The average Bonchev–Trinajstić information content (AvgIpc) is 3.40. The summed E-state index contributed by atoms with van der Waals surface area (Å²) >= 11 is 0. The number of hydrogen-bond acceptors (Lipinski definition) is 8. The minimum Gasteiger partial charge on any atom is -0.487 e. The van der Waals surface area contributed by atoms with Crippen molar-refractivity contribution in [3.05, 3.63) is 90.7 Å². The first-order chi connectivity index (χ1) is 19.6. The van der Waals surface area contributed by atoms with Gasteiger partial charge in [-0.25, -0.2) is 19.9 Å². The number of imidazole rings is 1. The van der Waals surface area contributed by atoms with Crippen LogP contribution >= 0.6 is 0 Å². The first-order valence-corrected chi connectivity index (χ1v) is 13.3. The standard InChI is InChI=1S/C30H28N8O2/c1-3-27(39)38-11-10-37-16-23(38)17-40-25-15-24-28(35-30(25)37)29(33-18-32-24)34-22-5-4-21(19(2)12-22)13-20-6-8-36-9-7-31-26(36)14-20/h3-9,12,14-15,18,23H,1,10-11,13,16-17H2,2H3,(H,32,33,34)/t23-/m0/s1. The highest BCUT2D eigenvalue weighted by Gasteiger charge is 2.34. The van der Waals surface area contributed by atoms with Crippen molar-refractivity contribution < 1.29 is 9.53 Å². The summed E-state index contributed by atoms with van der Waals surface area (Å²) in [5.41, 5.74) is 6.88. The molecule has 1 aromatic carbocycles. The summed E-state index contributed by atoms with van der Waals surface area (Å²) in [6.07, 6.45) is 9.52. The Morgan fingerprint density at radius 2 is 2.08 bits per heavy atom. The number of pyridine rings is 2. The number of aryl methyl sites for hydroxylation is 1. The second-order valence-corrected chi connectivity index (χ2v) is 10.2. The topological polar surface area (TPSA) is 101 Å². The number of aromatic nitrogens is 5. The lowest BCUT2D eigenvalue weighted by Crippen LogP contribution is -2.56. The zero-order chi connectivity index (χ0) is 27.2. The van der Waals surface area contributed by atoms with Gasteiger partial charge in [0.05, 0.1) is 11.6 Å². The molecule has 2 aliphatic rings. The van der Waals surface area contributed by atoms with Crippen molar-refractivity contribution in [1.82, 2.24) is 29.2 Å². The lowest BCUT2D eigenvalue weighted by molar-refractivity contribution is -0.129. The molecule has 1 fully saturated rings. The van der Waals surface area contributed by atoms with Crippen molar-refractivity contribution in [2.45, 2.75) is 19.4 Å². The van der Waals surface area contributed by atoms with Crippen LogP contribution in [0.1, 0.15) is 16.7 Å². The van der Waals surface area contributed by atoms with Crippen molar-refractivity contribution in [3.63, 3.8) is 0 Å². The molecule has 5 aromatic rings. The van der Waals surface area contributed by atoms with E-state index in [1.54, 1.807) is 0 Å². The van der Waals surface area contributed by atoms with Gasteiger partial charge in [-0.3, -0.25) is 4.79 Å². The fraction of sp³-hybridized carbons (Fsp3) is 0.233. The summed E-state index contributed by atoms with van der Waals surface area (Å²) in [6, 6.07) is 12.4. The Balaban J connectivity index is 1.15. The van der Waals surface area contributed by atoms with Gasteiger partial charge in [-0.1, -0.05) is 12.6 Å². The van der Waals surface area contributed by atoms with Gasteiger partial charge in [0.1, 0.15) is 24.1 Å². The van der Waals surface area contributed by atoms with E-state index < -0.39 is 0 Å². The highest BCUT2D eigenvalue weighted by molar-refractivity contribution is 5.90. The zero-order valence-electron chi connectivity index (χ0n) is 22.1. The fourth-order valence-electron chi connectivity index (χ4n) is 5.56. The molecule has 1 amide bonds. The van der Waals surface area contributed by atoms with E-state index in [-0.39, 0.29) is 11.9 Å². The molecule has 0 radical (unpaired) electrons. The van der Waals surface area contributed by atoms with Gasteiger partial charge in [0, 0.05) is 50.0 Å². The Kier molecular flexibility index (Phi) is 5.80. The van der Waals surface area contributed by atoms with Gasteiger partial charge < -0.3 is 24.3 Å². The number of amides is 1. The SMILES string of the molecule is C=CC(=O)N1CCN2C[C@H]1COc1cc3ncnc(Nc4ccc(Cc5ccn6ccnc6c5)c(C)c4)c3nc12. The lowest BCUT2D eigenvalue weighted by Gasteiger charge is -2.39. The minimum atomic E-state index is -0.0740. The van der Waals surface area contributed by atoms with Gasteiger partial charge in [0.2, 0.25) is 5.91 Å². The Labute approximate surface area is 231 Å². The van der Waals surface area contributed by atoms with Gasteiger partial charge in [-0.05, 0) is 60.4 Å². The average molecular weight is 533 g/mol. The van der Waals surface area contributed by atoms with E-state index in [0.29, 0.717) is 48.8 Å². The van der Waals surface area contributed by atoms with E-state index in [4.69, 9.17) is 9.72 Å². The second-order valence-electron chi connectivity index (χ2n) is 10.2. The third kappa shape index (κ3) is 4.27. The Bertz CT molecular complexity index is 1780. The molecule has 2 aliphatic heterocycles. The number of hydrogen-bond donors (Lipinski definition) is 1. The minimum absolute atomic E-state index is 0.0663. The number of rotatable bonds is 5. The Morgan fingerprint density at radius 1 is 1.15 bits per heavy atom. The summed E-state index contributed by atoms with van der Waals surface area (Å²) in [4.78, 5) is 34.7. The quantitative estimate of drug-likeness (QED) is 0.340. The van der Waals surface area contributed by atoms with Crippen LogP contribution in [-0.4, -0.2) is 67.4 Å². The van der Waals surface area contributed by atoms with Gasteiger partial charge in [-0.15, -0.1) is 0 Å². The maximum absolute atomic E-state index is 12.3. The Hall–Kier alpha value is -4.99. The number of nitrogens with one attached hydrogen (secondary N) is 1. The van der Waals surface area contributed by atoms with Crippen molar-refractivity contribution >= 4 is 39.9 Å². The number of benzene rings is 1. The third-order valence-electron chi connectivity index (χ3n) is 7.69. The molecule has 0 saturated carbocycles. The van der Waals surface area contributed by atoms with E-state index >= 15 is 0 Å². The third-order valence-corrected chi connectivity index (χ3v) is 7.69. The number of fused-ring (bicyclic) bond motifs is 6. The van der Waals surface area contributed by atoms with Crippen LogP contribution in [0.4, 0.5) is 17.3 Å². The smallest absolute Gasteiger partial charge is 0.246 e. The van der Waals surface area contributed by atoms with Crippen LogP contribution < -0.4 is 15.0 Å². The molecule has 4 aromatic heterocycles. The summed E-state index contributed by atoms with van der Waals surface area (Å²) in [7, 11) is 0. The predicted octanol–water partition coefficient (Wildman–Crippen LogP) is 3.91. The number of nitrogens with zero attached hydrogens (tertiary/aromatic N) is 7. The van der Waals surface area contributed by atoms with Gasteiger partial charge >= 0.3 is 0 Å². The molecular weight excluding hydrogens is 504 g/mol. The Morgan fingerprint density at radius 3 is 2.95 bits per heavy atom. The largest absolute Gasteiger partial charge is 0.487 e. The van der Waals surface area contributed by atoms with Crippen molar-refractivity contribution in [2.24, 2.45) is 0 Å². The molecule has 40 heavy (non-hydrogen) atoms. The molecule has 10 heteroatoms. The van der Waals surface area contributed by atoms with E-state index in [9.17, 15) is 4.79 Å². The van der Waals surface area contributed by atoms with Crippen molar-refractivity contribution in [3.8, 4) is 5.75 Å². The molecule has 1 N–H and O–H groups in total. The molecule has 1 saturated heterocycles. The maximum atomic E-state index is 12.3. The monoisotopic (exact) mass is 532 g/mol.